The highest BCUT2D eigenvalue weighted by molar-refractivity contribution is 8.13. The minimum absolute atomic E-state index is 0.00746. The van der Waals surface area contributed by atoms with E-state index in [4.69, 9.17) is 27.0 Å². The van der Waals surface area contributed by atoms with Gasteiger partial charge in [0, 0.05) is 22.7 Å². The Balaban J connectivity index is 2.78. The molecule has 1 aromatic rings. The summed E-state index contributed by atoms with van der Waals surface area (Å²) in [6.07, 6.45) is 0. The van der Waals surface area contributed by atoms with E-state index in [1.165, 1.54) is 12.1 Å². The summed E-state index contributed by atoms with van der Waals surface area (Å²) in [6.45, 7) is 5.80. The standard InChI is InChI=1S/C13H17Cl2FO3S/c1-13(2,3)9(8-20(15,17)18)7-19-10-4-5-11(14)12(16)6-10/h4-6,9H,7-8H2,1-3H3. The normalized spacial score (nSPS) is 14.1. The highest BCUT2D eigenvalue weighted by atomic mass is 35.7. The first-order valence-corrected chi connectivity index (χ1v) is 8.85. The lowest BCUT2D eigenvalue weighted by atomic mass is 9.82. The SMILES string of the molecule is CC(C)(C)C(COc1ccc(Cl)c(F)c1)CS(=O)(=O)Cl. The third kappa shape index (κ3) is 5.85. The van der Waals surface area contributed by atoms with Crippen LogP contribution in [0.1, 0.15) is 20.8 Å². The lowest BCUT2D eigenvalue weighted by molar-refractivity contribution is 0.163. The quantitative estimate of drug-likeness (QED) is 0.757. The molecule has 0 amide bonds. The van der Waals surface area contributed by atoms with Gasteiger partial charge in [-0.25, -0.2) is 12.8 Å². The number of ether oxygens (including phenoxy) is 1. The van der Waals surface area contributed by atoms with Gasteiger partial charge in [0.25, 0.3) is 0 Å². The van der Waals surface area contributed by atoms with E-state index in [0.29, 0.717) is 5.75 Å². The van der Waals surface area contributed by atoms with Gasteiger partial charge in [-0.3, -0.25) is 0 Å². The molecule has 0 saturated heterocycles. The van der Waals surface area contributed by atoms with Crippen LogP contribution in [0.3, 0.4) is 0 Å². The zero-order chi connectivity index (χ0) is 15.6. The average Bonchev–Trinajstić information content (AvgIpc) is 2.26. The van der Waals surface area contributed by atoms with Gasteiger partial charge in [0.1, 0.15) is 11.6 Å². The van der Waals surface area contributed by atoms with Crippen LogP contribution in [0.15, 0.2) is 18.2 Å². The van der Waals surface area contributed by atoms with Crippen molar-refractivity contribution in [2.45, 2.75) is 20.8 Å². The van der Waals surface area contributed by atoms with Crippen LogP contribution in [0.4, 0.5) is 4.39 Å². The first-order chi connectivity index (χ1) is 8.99. The van der Waals surface area contributed by atoms with Crippen molar-refractivity contribution in [1.82, 2.24) is 0 Å². The Hall–Kier alpha value is -0.520. The van der Waals surface area contributed by atoms with Crippen molar-refractivity contribution in [3.63, 3.8) is 0 Å². The Bertz CT molecular complexity index is 567. The van der Waals surface area contributed by atoms with Crippen molar-refractivity contribution in [2.24, 2.45) is 11.3 Å². The average molecular weight is 343 g/mol. The largest absolute Gasteiger partial charge is 0.493 e. The lowest BCUT2D eigenvalue weighted by Crippen LogP contribution is -2.31. The predicted octanol–water partition coefficient (Wildman–Crippen LogP) is 4.09. The fourth-order valence-corrected chi connectivity index (χ4v) is 3.20. The zero-order valence-electron chi connectivity index (χ0n) is 11.5. The molecular weight excluding hydrogens is 326 g/mol. The summed E-state index contributed by atoms with van der Waals surface area (Å²) in [7, 11) is 1.67. The summed E-state index contributed by atoms with van der Waals surface area (Å²) in [6, 6.07) is 4.08. The predicted molar refractivity (Wildman–Crippen MR) is 79.5 cm³/mol. The Morgan fingerprint density at radius 3 is 2.40 bits per heavy atom. The Labute approximate surface area is 128 Å². The first kappa shape index (κ1) is 17.5. The van der Waals surface area contributed by atoms with Crippen molar-refractivity contribution >= 4 is 31.3 Å². The van der Waals surface area contributed by atoms with Gasteiger partial charge >= 0.3 is 0 Å². The summed E-state index contributed by atoms with van der Waals surface area (Å²) < 4.78 is 41.2. The van der Waals surface area contributed by atoms with Gasteiger partial charge in [-0.05, 0) is 17.5 Å². The molecule has 0 aliphatic carbocycles. The van der Waals surface area contributed by atoms with Crippen LogP contribution in [-0.2, 0) is 9.05 Å². The second-order valence-corrected chi connectivity index (χ2v) is 8.88. The second kappa shape index (κ2) is 6.50. The van der Waals surface area contributed by atoms with Gasteiger partial charge < -0.3 is 4.74 Å². The smallest absolute Gasteiger partial charge is 0.233 e. The van der Waals surface area contributed by atoms with E-state index in [9.17, 15) is 12.8 Å². The molecule has 0 N–H and O–H groups in total. The van der Waals surface area contributed by atoms with Gasteiger partial charge in [-0.1, -0.05) is 32.4 Å². The van der Waals surface area contributed by atoms with E-state index >= 15 is 0 Å². The lowest BCUT2D eigenvalue weighted by Gasteiger charge is -2.29. The van der Waals surface area contributed by atoms with Crippen molar-refractivity contribution in [2.75, 3.05) is 12.4 Å². The summed E-state index contributed by atoms with van der Waals surface area (Å²) >= 11 is 5.58. The fraction of sp³-hybridized carbons (Fsp3) is 0.538. The van der Waals surface area contributed by atoms with Crippen molar-refractivity contribution in [3.05, 3.63) is 29.0 Å². The summed E-state index contributed by atoms with van der Waals surface area (Å²) in [5.41, 5.74) is -0.313. The molecule has 1 atom stereocenters. The third-order valence-corrected chi connectivity index (χ3v) is 4.45. The van der Waals surface area contributed by atoms with Crippen LogP contribution in [0.5, 0.6) is 5.75 Å². The Kier molecular flexibility index (Phi) is 5.70. The first-order valence-electron chi connectivity index (χ1n) is 5.99. The molecule has 1 rings (SSSR count). The number of hydrogen-bond acceptors (Lipinski definition) is 3. The van der Waals surface area contributed by atoms with Gasteiger partial charge in [0.15, 0.2) is 0 Å². The number of rotatable bonds is 5. The number of benzene rings is 1. The van der Waals surface area contributed by atoms with E-state index in [1.807, 2.05) is 20.8 Å². The molecule has 114 valence electrons. The van der Waals surface area contributed by atoms with Crippen LogP contribution < -0.4 is 4.74 Å². The molecule has 0 aromatic heterocycles. The molecule has 0 spiro atoms. The van der Waals surface area contributed by atoms with E-state index < -0.39 is 14.9 Å². The number of hydrogen-bond donors (Lipinski definition) is 0. The van der Waals surface area contributed by atoms with Gasteiger partial charge in [-0.15, -0.1) is 0 Å². The molecule has 0 fully saturated rings. The minimum Gasteiger partial charge on any atom is -0.493 e. The molecule has 0 radical (unpaired) electrons. The van der Waals surface area contributed by atoms with Crippen LogP contribution in [-0.4, -0.2) is 20.8 Å². The maximum atomic E-state index is 13.3. The third-order valence-electron chi connectivity index (χ3n) is 2.97. The van der Waals surface area contributed by atoms with Crippen molar-refractivity contribution < 1.29 is 17.5 Å². The molecule has 1 aromatic carbocycles. The molecule has 3 nitrogen and oxygen atoms in total. The van der Waals surface area contributed by atoms with E-state index in [2.05, 4.69) is 0 Å². The topological polar surface area (TPSA) is 43.4 Å². The van der Waals surface area contributed by atoms with Crippen LogP contribution in [0.2, 0.25) is 5.02 Å². The van der Waals surface area contributed by atoms with Gasteiger partial charge in [-0.2, -0.15) is 0 Å². The summed E-state index contributed by atoms with van der Waals surface area (Å²) in [4.78, 5) is 0. The zero-order valence-corrected chi connectivity index (χ0v) is 13.8. The molecule has 20 heavy (non-hydrogen) atoms. The molecular formula is C13H17Cl2FO3S. The second-order valence-electron chi connectivity index (χ2n) is 5.66. The van der Waals surface area contributed by atoms with Crippen molar-refractivity contribution in [3.8, 4) is 5.75 Å². The summed E-state index contributed by atoms with van der Waals surface area (Å²) in [5.74, 6) is -0.799. The van der Waals surface area contributed by atoms with Crippen LogP contribution in [0, 0.1) is 17.2 Å². The molecule has 0 heterocycles. The minimum atomic E-state index is -3.63. The molecule has 7 heteroatoms. The molecule has 0 aliphatic heterocycles. The summed E-state index contributed by atoms with van der Waals surface area (Å²) in [5, 5.41) is 0.00746. The fourth-order valence-electron chi connectivity index (χ4n) is 1.55. The van der Waals surface area contributed by atoms with E-state index in [0.717, 1.165) is 6.07 Å². The van der Waals surface area contributed by atoms with Crippen LogP contribution >= 0.6 is 22.3 Å². The Morgan fingerprint density at radius 2 is 1.95 bits per heavy atom. The van der Waals surface area contributed by atoms with Gasteiger partial charge in [0.2, 0.25) is 9.05 Å². The Morgan fingerprint density at radius 1 is 1.35 bits per heavy atom. The highest BCUT2D eigenvalue weighted by Gasteiger charge is 2.29. The van der Waals surface area contributed by atoms with Crippen LogP contribution in [0.25, 0.3) is 0 Å². The monoisotopic (exact) mass is 342 g/mol. The highest BCUT2D eigenvalue weighted by Crippen LogP contribution is 2.29. The maximum absolute atomic E-state index is 13.3. The maximum Gasteiger partial charge on any atom is 0.233 e. The molecule has 0 saturated carbocycles. The van der Waals surface area contributed by atoms with Gasteiger partial charge in [0.05, 0.1) is 17.4 Å². The molecule has 1 unspecified atom stereocenters. The van der Waals surface area contributed by atoms with Crippen molar-refractivity contribution in [1.29, 1.82) is 0 Å². The van der Waals surface area contributed by atoms with E-state index in [1.54, 1.807) is 0 Å². The number of halogens is 3. The van der Waals surface area contributed by atoms with E-state index in [-0.39, 0.29) is 28.7 Å². The molecule has 0 aliphatic rings. The molecule has 0 bridgehead atoms.